The molecule has 1 amide bonds. The van der Waals surface area contributed by atoms with E-state index in [-0.39, 0.29) is 18.8 Å². The summed E-state index contributed by atoms with van der Waals surface area (Å²) in [6.45, 7) is 0.504. The molecule has 1 aliphatic rings. The zero-order valence-electron chi connectivity index (χ0n) is 11.6. The van der Waals surface area contributed by atoms with Gasteiger partial charge in [0.2, 0.25) is 0 Å². The zero-order valence-corrected chi connectivity index (χ0v) is 11.6. The van der Waals surface area contributed by atoms with Crippen LogP contribution in [0.25, 0.3) is 5.69 Å². The average molecular weight is 302 g/mol. The van der Waals surface area contributed by atoms with Gasteiger partial charge in [-0.3, -0.25) is 4.79 Å². The van der Waals surface area contributed by atoms with Crippen molar-refractivity contribution in [3.63, 3.8) is 0 Å². The van der Waals surface area contributed by atoms with E-state index in [0.29, 0.717) is 6.61 Å². The Hall–Kier alpha value is -2.74. The monoisotopic (exact) mass is 302 g/mol. The third kappa shape index (κ3) is 2.68. The van der Waals surface area contributed by atoms with Gasteiger partial charge in [0.1, 0.15) is 0 Å². The van der Waals surface area contributed by atoms with E-state index in [4.69, 9.17) is 4.74 Å². The van der Waals surface area contributed by atoms with Crippen LogP contribution in [0.5, 0.6) is 0 Å². The van der Waals surface area contributed by atoms with Gasteiger partial charge in [-0.05, 0) is 12.1 Å². The second kappa shape index (κ2) is 5.94. The molecule has 1 aliphatic heterocycles. The lowest BCUT2D eigenvalue weighted by molar-refractivity contribution is -0.147. The van der Waals surface area contributed by atoms with Crippen LogP contribution in [-0.2, 0) is 9.53 Å². The molecule has 0 saturated carbocycles. The fourth-order valence-corrected chi connectivity index (χ4v) is 2.25. The number of morpholine rings is 1. The van der Waals surface area contributed by atoms with Crippen molar-refractivity contribution in [3.8, 4) is 5.69 Å². The Kier molecular flexibility index (Phi) is 3.84. The molecule has 1 N–H and O–H groups in total. The summed E-state index contributed by atoms with van der Waals surface area (Å²) in [7, 11) is 0. The number of rotatable bonds is 3. The second-order valence-corrected chi connectivity index (χ2v) is 4.78. The fourth-order valence-electron chi connectivity index (χ4n) is 2.25. The molecule has 0 aliphatic carbocycles. The van der Waals surface area contributed by atoms with Crippen LogP contribution in [0.4, 0.5) is 0 Å². The van der Waals surface area contributed by atoms with Gasteiger partial charge in [0, 0.05) is 6.54 Å². The number of nitrogens with zero attached hydrogens (tertiary/aromatic N) is 4. The lowest BCUT2D eigenvalue weighted by Gasteiger charge is -2.32. The number of ether oxygens (including phenoxy) is 1. The third-order valence-electron chi connectivity index (χ3n) is 3.37. The van der Waals surface area contributed by atoms with Gasteiger partial charge in [-0.2, -0.15) is 9.90 Å². The normalized spacial score (nSPS) is 18.2. The SMILES string of the molecule is O=C(O)[C@H]1COCCN1C(=O)c1cnn(-c2ccccc2)n1. The molecule has 0 bridgehead atoms. The summed E-state index contributed by atoms with van der Waals surface area (Å²) in [5, 5.41) is 17.4. The van der Waals surface area contributed by atoms with Crippen molar-refractivity contribution in [1.29, 1.82) is 0 Å². The number of amides is 1. The number of carboxylic acid groups (broad SMARTS) is 1. The molecule has 1 aromatic carbocycles. The van der Waals surface area contributed by atoms with Crippen molar-refractivity contribution < 1.29 is 19.4 Å². The van der Waals surface area contributed by atoms with E-state index in [1.807, 2.05) is 30.3 Å². The highest BCUT2D eigenvalue weighted by Crippen LogP contribution is 2.12. The summed E-state index contributed by atoms with van der Waals surface area (Å²) in [5.41, 5.74) is 0.829. The molecule has 0 radical (unpaired) electrons. The number of carboxylic acids is 1. The smallest absolute Gasteiger partial charge is 0.328 e. The van der Waals surface area contributed by atoms with Gasteiger partial charge in [0.15, 0.2) is 11.7 Å². The molecule has 0 unspecified atom stereocenters. The summed E-state index contributed by atoms with van der Waals surface area (Å²) in [4.78, 5) is 26.3. The maximum absolute atomic E-state index is 12.5. The van der Waals surface area contributed by atoms with Crippen LogP contribution >= 0.6 is 0 Å². The average Bonchev–Trinajstić information content (AvgIpc) is 3.05. The first-order valence-electron chi connectivity index (χ1n) is 6.76. The van der Waals surface area contributed by atoms with Crippen LogP contribution in [-0.4, -0.2) is 62.7 Å². The second-order valence-electron chi connectivity index (χ2n) is 4.78. The number of aromatic nitrogens is 3. The highest BCUT2D eigenvalue weighted by molar-refractivity contribution is 5.94. The van der Waals surface area contributed by atoms with Crippen LogP contribution in [0.3, 0.4) is 0 Å². The number of hydrogen-bond donors (Lipinski definition) is 1. The lowest BCUT2D eigenvalue weighted by atomic mass is 10.2. The lowest BCUT2D eigenvalue weighted by Crippen LogP contribution is -2.52. The molecule has 0 spiro atoms. The van der Waals surface area contributed by atoms with E-state index in [1.165, 1.54) is 15.9 Å². The Balaban J connectivity index is 1.83. The summed E-state index contributed by atoms with van der Waals surface area (Å²) in [5.74, 6) is -1.55. The minimum atomic E-state index is -1.09. The standard InChI is InChI=1S/C14H14N4O4/c19-13(17-6-7-22-9-12(17)14(20)21)11-8-15-18(16-11)10-4-2-1-3-5-10/h1-5,8,12H,6-7,9H2,(H,20,21)/t12-/m1/s1. The molecule has 1 aromatic heterocycles. The van der Waals surface area contributed by atoms with E-state index in [1.54, 1.807) is 0 Å². The summed E-state index contributed by atoms with van der Waals surface area (Å²) in [6, 6.07) is 8.16. The Bertz CT molecular complexity index is 685. The van der Waals surface area contributed by atoms with Crippen LogP contribution < -0.4 is 0 Å². The quantitative estimate of drug-likeness (QED) is 0.869. The third-order valence-corrected chi connectivity index (χ3v) is 3.37. The van der Waals surface area contributed by atoms with Crippen molar-refractivity contribution in [2.45, 2.75) is 6.04 Å². The predicted molar refractivity (Wildman–Crippen MR) is 74.6 cm³/mol. The molecule has 8 nitrogen and oxygen atoms in total. The number of benzene rings is 1. The molecule has 1 saturated heterocycles. The number of hydrogen-bond acceptors (Lipinski definition) is 5. The first kappa shape index (κ1) is 14.2. The Morgan fingerprint density at radius 2 is 2.05 bits per heavy atom. The minimum absolute atomic E-state index is 0.0199. The molecule has 22 heavy (non-hydrogen) atoms. The van der Waals surface area contributed by atoms with E-state index in [2.05, 4.69) is 10.2 Å². The maximum Gasteiger partial charge on any atom is 0.328 e. The van der Waals surface area contributed by atoms with Gasteiger partial charge in [0.25, 0.3) is 5.91 Å². The maximum atomic E-state index is 12.5. The van der Waals surface area contributed by atoms with Gasteiger partial charge < -0.3 is 14.7 Å². The van der Waals surface area contributed by atoms with Crippen molar-refractivity contribution in [2.24, 2.45) is 0 Å². The molecule has 2 heterocycles. The van der Waals surface area contributed by atoms with Crippen LogP contribution in [0, 0.1) is 0 Å². The molecule has 3 rings (SSSR count). The molecular weight excluding hydrogens is 288 g/mol. The summed E-state index contributed by atoms with van der Waals surface area (Å²) >= 11 is 0. The van der Waals surface area contributed by atoms with Gasteiger partial charge in [0.05, 0.1) is 25.1 Å². The Morgan fingerprint density at radius 3 is 2.77 bits per heavy atom. The van der Waals surface area contributed by atoms with E-state index < -0.39 is 17.9 Å². The predicted octanol–water partition coefficient (Wildman–Crippen LogP) is 0.193. The van der Waals surface area contributed by atoms with Gasteiger partial charge in [-0.1, -0.05) is 18.2 Å². The van der Waals surface area contributed by atoms with E-state index >= 15 is 0 Å². The Labute approximate surface area is 125 Å². The molecular formula is C14H14N4O4. The first-order valence-corrected chi connectivity index (χ1v) is 6.76. The van der Waals surface area contributed by atoms with Crippen LogP contribution in [0.15, 0.2) is 36.5 Å². The topological polar surface area (TPSA) is 97.5 Å². The Morgan fingerprint density at radius 1 is 1.27 bits per heavy atom. The number of aliphatic carboxylic acids is 1. The molecule has 2 aromatic rings. The summed E-state index contributed by atoms with van der Waals surface area (Å²) < 4.78 is 5.12. The van der Waals surface area contributed by atoms with Gasteiger partial charge >= 0.3 is 5.97 Å². The molecule has 1 atom stereocenters. The van der Waals surface area contributed by atoms with Crippen LogP contribution in [0.1, 0.15) is 10.5 Å². The minimum Gasteiger partial charge on any atom is -0.480 e. The van der Waals surface area contributed by atoms with Crippen LogP contribution in [0.2, 0.25) is 0 Å². The van der Waals surface area contributed by atoms with E-state index in [0.717, 1.165) is 5.69 Å². The molecule has 114 valence electrons. The first-order chi connectivity index (χ1) is 10.7. The van der Waals surface area contributed by atoms with E-state index in [9.17, 15) is 14.7 Å². The number of carbonyl (C=O) groups excluding carboxylic acids is 1. The van der Waals surface area contributed by atoms with Crippen molar-refractivity contribution >= 4 is 11.9 Å². The van der Waals surface area contributed by atoms with Crippen molar-refractivity contribution in [1.82, 2.24) is 19.9 Å². The van der Waals surface area contributed by atoms with Crippen molar-refractivity contribution in [3.05, 3.63) is 42.2 Å². The number of carbonyl (C=O) groups is 2. The largest absolute Gasteiger partial charge is 0.480 e. The summed E-state index contributed by atoms with van der Waals surface area (Å²) in [6.07, 6.45) is 1.34. The number of para-hydroxylation sites is 1. The fraction of sp³-hybridized carbons (Fsp3) is 0.286. The molecule has 8 heteroatoms. The van der Waals surface area contributed by atoms with Gasteiger partial charge in [-0.15, -0.1) is 5.10 Å². The van der Waals surface area contributed by atoms with Gasteiger partial charge in [-0.25, -0.2) is 4.79 Å². The zero-order chi connectivity index (χ0) is 15.5. The molecule has 1 fully saturated rings. The highest BCUT2D eigenvalue weighted by Gasteiger charge is 2.34. The highest BCUT2D eigenvalue weighted by atomic mass is 16.5. The van der Waals surface area contributed by atoms with Crippen molar-refractivity contribution in [2.75, 3.05) is 19.8 Å².